The molecule has 0 unspecified atom stereocenters. The molecule has 0 spiro atoms. The molecule has 0 N–H and O–H groups in total. The molecule has 16 heavy (non-hydrogen) atoms. The number of halogens is 1. The van der Waals surface area contributed by atoms with Crippen LogP contribution in [0.25, 0.3) is 0 Å². The van der Waals surface area contributed by atoms with Crippen molar-refractivity contribution in [2.24, 2.45) is 5.92 Å². The number of carbonyl (C=O) groups excluding carboxylic acids is 1. The molecule has 0 bridgehead atoms. The van der Waals surface area contributed by atoms with E-state index in [9.17, 15) is 9.18 Å². The van der Waals surface area contributed by atoms with Gasteiger partial charge in [-0.15, -0.1) is 0 Å². The van der Waals surface area contributed by atoms with E-state index in [4.69, 9.17) is 0 Å². The molecule has 1 nitrogen and oxygen atoms in total. The van der Waals surface area contributed by atoms with E-state index in [2.05, 4.69) is 0 Å². The molecule has 2 heteroatoms. The summed E-state index contributed by atoms with van der Waals surface area (Å²) in [5, 5.41) is 0. The molecule has 0 aromatic carbocycles. The van der Waals surface area contributed by atoms with E-state index in [0.29, 0.717) is 17.6 Å². The first-order valence-electron chi connectivity index (χ1n) is 6.12. The average molecular weight is 224 g/mol. The number of hydrogen-bond acceptors (Lipinski definition) is 1. The average Bonchev–Trinajstić information content (AvgIpc) is 3.11. The van der Waals surface area contributed by atoms with Crippen molar-refractivity contribution in [2.45, 2.75) is 53.4 Å². The predicted octanol–water partition coefficient (Wildman–Crippen LogP) is 4.35. The summed E-state index contributed by atoms with van der Waals surface area (Å²) in [6.45, 7) is 7.45. The number of hydrogen-bond donors (Lipinski definition) is 0. The van der Waals surface area contributed by atoms with Crippen LogP contribution in [0.5, 0.6) is 0 Å². The van der Waals surface area contributed by atoms with Crippen molar-refractivity contribution < 1.29 is 9.18 Å². The zero-order valence-electron chi connectivity index (χ0n) is 10.7. The Balaban J connectivity index is 3.10. The highest BCUT2D eigenvalue weighted by atomic mass is 19.1. The van der Waals surface area contributed by atoms with Crippen LogP contribution in [0.4, 0.5) is 4.39 Å². The molecule has 0 radical (unpaired) electrons. The Morgan fingerprint density at radius 1 is 1.19 bits per heavy atom. The minimum Gasteiger partial charge on any atom is -0.294 e. The maximum atomic E-state index is 13.6. The van der Waals surface area contributed by atoms with Crippen LogP contribution in [-0.4, -0.2) is 5.78 Å². The van der Waals surface area contributed by atoms with Crippen LogP contribution in [0.2, 0.25) is 0 Å². The molecule has 1 fully saturated rings. The van der Waals surface area contributed by atoms with Crippen LogP contribution in [0, 0.1) is 5.92 Å². The molecule has 1 rings (SSSR count). The fourth-order valence-electron chi connectivity index (χ4n) is 1.84. The molecule has 0 amide bonds. The summed E-state index contributed by atoms with van der Waals surface area (Å²) in [6, 6.07) is 0. The Bertz CT molecular complexity index is 346. The Morgan fingerprint density at radius 2 is 1.75 bits per heavy atom. The van der Waals surface area contributed by atoms with E-state index in [-0.39, 0.29) is 17.5 Å². The lowest BCUT2D eigenvalue weighted by atomic mass is 9.93. The first-order chi connectivity index (χ1) is 7.52. The smallest absolute Gasteiger partial charge is 0.166 e. The van der Waals surface area contributed by atoms with Crippen LogP contribution in [0.15, 0.2) is 22.5 Å². The van der Waals surface area contributed by atoms with Crippen molar-refractivity contribution in [3.05, 3.63) is 22.5 Å². The number of rotatable bonds is 5. The maximum absolute atomic E-state index is 13.6. The number of carbonyl (C=O) groups is 1. The molecule has 0 atom stereocenters. The standard InChI is InChI=1S/C14H21FO/c1-5-9(3)13(10(4)12(15)6-2)14(16)11-7-8-11/h11H,5-8H2,1-4H3. The summed E-state index contributed by atoms with van der Waals surface area (Å²) in [4.78, 5) is 12.1. The molecule has 0 aromatic rings. The van der Waals surface area contributed by atoms with E-state index in [1.54, 1.807) is 13.8 Å². The number of Topliss-reactive ketones (excluding diaryl/α,β-unsaturated/α-hetero) is 1. The fraction of sp³-hybridized carbons (Fsp3) is 0.643. The fourth-order valence-corrected chi connectivity index (χ4v) is 1.84. The van der Waals surface area contributed by atoms with Crippen molar-refractivity contribution in [1.29, 1.82) is 0 Å². The normalized spacial score (nSPS) is 19.1. The van der Waals surface area contributed by atoms with Gasteiger partial charge in [-0.2, -0.15) is 0 Å². The molecule has 0 saturated heterocycles. The van der Waals surface area contributed by atoms with Crippen LogP contribution in [0.3, 0.4) is 0 Å². The van der Waals surface area contributed by atoms with Crippen molar-refractivity contribution >= 4 is 5.78 Å². The maximum Gasteiger partial charge on any atom is 0.166 e. The van der Waals surface area contributed by atoms with Gasteiger partial charge in [-0.3, -0.25) is 4.79 Å². The third-order valence-electron chi connectivity index (χ3n) is 3.24. The third kappa shape index (κ3) is 2.81. The minimum absolute atomic E-state index is 0.153. The summed E-state index contributed by atoms with van der Waals surface area (Å²) in [6.07, 6.45) is 3.12. The topological polar surface area (TPSA) is 17.1 Å². The number of ketones is 1. The van der Waals surface area contributed by atoms with Gasteiger partial charge >= 0.3 is 0 Å². The second-order valence-electron chi connectivity index (χ2n) is 4.53. The van der Waals surface area contributed by atoms with Crippen molar-refractivity contribution in [2.75, 3.05) is 0 Å². The Labute approximate surface area is 97.4 Å². The monoisotopic (exact) mass is 224 g/mol. The van der Waals surface area contributed by atoms with Crippen molar-refractivity contribution in [3.63, 3.8) is 0 Å². The molecule has 1 aliphatic carbocycles. The van der Waals surface area contributed by atoms with E-state index < -0.39 is 0 Å². The molecule has 0 aromatic heterocycles. The van der Waals surface area contributed by atoms with Crippen LogP contribution in [-0.2, 0) is 4.79 Å². The molecule has 0 aliphatic heterocycles. The van der Waals surface area contributed by atoms with Gasteiger partial charge in [0.15, 0.2) is 5.78 Å². The van der Waals surface area contributed by atoms with Crippen LogP contribution in [0.1, 0.15) is 53.4 Å². The summed E-state index contributed by atoms with van der Waals surface area (Å²) in [5.74, 6) is 0.161. The lowest BCUT2D eigenvalue weighted by molar-refractivity contribution is -0.116. The SMILES string of the molecule is CCC(C)=C(C(=O)C1CC1)C(C)=C(F)CC. The second-order valence-corrected chi connectivity index (χ2v) is 4.53. The third-order valence-corrected chi connectivity index (χ3v) is 3.24. The summed E-state index contributed by atoms with van der Waals surface area (Å²) < 4.78 is 13.6. The Kier molecular flexibility index (Phi) is 4.45. The second kappa shape index (κ2) is 5.42. The van der Waals surface area contributed by atoms with Gasteiger partial charge < -0.3 is 0 Å². The summed E-state index contributed by atoms with van der Waals surface area (Å²) >= 11 is 0. The molecule has 90 valence electrons. The van der Waals surface area contributed by atoms with Crippen molar-refractivity contribution in [3.8, 4) is 0 Å². The van der Waals surface area contributed by atoms with Gasteiger partial charge in [-0.25, -0.2) is 4.39 Å². The van der Waals surface area contributed by atoms with Crippen molar-refractivity contribution in [1.82, 2.24) is 0 Å². The van der Waals surface area contributed by atoms with Gasteiger partial charge in [0, 0.05) is 11.5 Å². The lowest BCUT2D eigenvalue weighted by Gasteiger charge is -2.11. The minimum atomic E-state index is -0.156. The molecular formula is C14H21FO. The predicted molar refractivity (Wildman–Crippen MR) is 64.8 cm³/mol. The van der Waals surface area contributed by atoms with E-state index >= 15 is 0 Å². The number of allylic oxidation sites excluding steroid dienone is 4. The summed E-state index contributed by atoms with van der Waals surface area (Å²) in [7, 11) is 0. The zero-order valence-corrected chi connectivity index (χ0v) is 10.7. The molecule has 1 saturated carbocycles. The van der Waals surface area contributed by atoms with Gasteiger partial charge in [0.1, 0.15) is 5.83 Å². The first kappa shape index (κ1) is 13.1. The van der Waals surface area contributed by atoms with E-state index in [1.807, 2.05) is 13.8 Å². The molecule has 1 aliphatic rings. The Hall–Kier alpha value is -0.920. The highest BCUT2D eigenvalue weighted by molar-refractivity contribution is 6.03. The van der Waals surface area contributed by atoms with Gasteiger partial charge in [0.05, 0.1) is 0 Å². The van der Waals surface area contributed by atoms with Gasteiger partial charge in [0.2, 0.25) is 0 Å². The van der Waals surface area contributed by atoms with E-state index in [1.165, 1.54) is 0 Å². The lowest BCUT2D eigenvalue weighted by Crippen LogP contribution is -2.09. The molecule has 0 heterocycles. The summed E-state index contributed by atoms with van der Waals surface area (Å²) in [5.41, 5.74) is 2.22. The van der Waals surface area contributed by atoms with Crippen LogP contribution >= 0.6 is 0 Å². The van der Waals surface area contributed by atoms with E-state index in [0.717, 1.165) is 24.8 Å². The quantitative estimate of drug-likeness (QED) is 0.501. The van der Waals surface area contributed by atoms with Gasteiger partial charge in [-0.1, -0.05) is 19.4 Å². The first-order valence-corrected chi connectivity index (χ1v) is 6.12. The van der Waals surface area contributed by atoms with Gasteiger partial charge in [0.25, 0.3) is 0 Å². The highest BCUT2D eigenvalue weighted by Crippen LogP contribution is 2.36. The molecular weight excluding hydrogens is 203 g/mol. The Morgan fingerprint density at radius 3 is 2.12 bits per heavy atom. The highest BCUT2D eigenvalue weighted by Gasteiger charge is 2.33. The van der Waals surface area contributed by atoms with Crippen LogP contribution < -0.4 is 0 Å². The zero-order chi connectivity index (χ0) is 12.3. The largest absolute Gasteiger partial charge is 0.294 e. The van der Waals surface area contributed by atoms with Gasteiger partial charge in [-0.05, 0) is 45.1 Å².